The van der Waals surface area contributed by atoms with Crippen molar-refractivity contribution in [3.05, 3.63) is 11.6 Å². The lowest BCUT2D eigenvalue weighted by atomic mass is 10.2. The second-order valence-electron chi connectivity index (χ2n) is 5.57. The maximum absolute atomic E-state index is 5.42. The average Bonchev–Trinajstić information content (AvgIpc) is 2.91. The summed E-state index contributed by atoms with van der Waals surface area (Å²) in [5.74, 6) is 2.03. The number of unbranched alkanes of at least 4 members (excludes halogenated alkanes) is 2. The maximum Gasteiger partial charge on any atom is 0.159 e. The topological polar surface area (TPSA) is 52.4 Å². The Morgan fingerprint density at radius 3 is 2.90 bits per heavy atom. The minimum Gasteiger partial charge on any atom is -0.385 e. The molecule has 0 aromatic carbocycles. The van der Waals surface area contributed by atoms with Crippen molar-refractivity contribution in [2.75, 3.05) is 33.4 Å². The summed E-state index contributed by atoms with van der Waals surface area (Å²) in [6.45, 7) is 8.33. The molecule has 0 aliphatic carbocycles. The van der Waals surface area contributed by atoms with Crippen LogP contribution in [0.1, 0.15) is 44.3 Å². The average molecular weight is 296 g/mol. The molecule has 120 valence electrons. The standard InChI is InChI=1S/C15H28N4O2/c1-3-4-5-7-18(8-6-10-20-2)12-14-16-17-15-13-21-11-9-19(14)15/h3-13H2,1-2H3. The predicted molar refractivity (Wildman–Crippen MR) is 81.0 cm³/mol. The molecule has 0 unspecified atom stereocenters. The summed E-state index contributed by atoms with van der Waals surface area (Å²) in [5, 5.41) is 8.59. The second kappa shape index (κ2) is 9.12. The smallest absolute Gasteiger partial charge is 0.159 e. The molecule has 6 heteroatoms. The first kappa shape index (κ1) is 16.4. The van der Waals surface area contributed by atoms with Gasteiger partial charge in [0.15, 0.2) is 5.82 Å². The van der Waals surface area contributed by atoms with Crippen LogP contribution in [0.5, 0.6) is 0 Å². The molecule has 1 aliphatic rings. The highest BCUT2D eigenvalue weighted by molar-refractivity contribution is 4.96. The molecule has 2 heterocycles. The third-order valence-electron chi connectivity index (χ3n) is 3.86. The van der Waals surface area contributed by atoms with Gasteiger partial charge in [-0.2, -0.15) is 0 Å². The Morgan fingerprint density at radius 2 is 2.10 bits per heavy atom. The van der Waals surface area contributed by atoms with Gasteiger partial charge < -0.3 is 14.0 Å². The van der Waals surface area contributed by atoms with E-state index in [2.05, 4.69) is 26.6 Å². The number of fused-ring (bicyclic) bond motifs is 1. The lowest BCUT2D eigenvalue weighted by Gasteiger charge is -2.23. The van der Waals surface area contributed by atoms with E-state index in [0.29, 0.717) is 6.61 Å². The number of aromatic nitrogens is 3. The normalized spacial score (nSPS) is 14.6. The zero-order valence-electron chi connectivity index (χ0n) is 13.4. The van der Waals surface area contributed by atoms with E-state index in [-0.39, 0.29) is 0 Å². The van der Waals surface area contributed by atoms with Crippen molar-refractivity contribution in [3.8, 4) is 0 Å². The van der Waals surface area contributed by atoms with Crippen LogP contribution in [0.4, 0.5) is 0 Å². The van der Waals surface area contributed by atoms with Gasteiger partial charge in [-0.25, -0.2) is 0 Å². The van der Waals surface area contributed by atoms with Crippen LogP contribution >= 0.6 is 0 Å². The molecule has 1 aliphatic heterocycles. The first-order valence-corrected chi connectivity index (χ1v) is 8.05. The minimum atomic E-state index is 0.590. The summed E-state index contributed by atoms with van der Waals surface area (Å²) in [5.41, 5.74) is 0. The van der Waals surface area contributed by atoms with Gasteiger partial charge >= 0.3 is 0 Å². The summed E-state index contributed by atoms with van der Waals surface area (Å²) >= 11 is 0. The Morgan fingerprint density at radius 1 is 1.24 bits per heavy atom. The van der Waals surface area contributed by atoms with Gasteiger partial charge in [-0.1, -0.05) is 19.8 Å². The van der Waals surface area contributed by atoms with E-state index in [1.54, 1.807) is 7.11 Å². The van der Waals surface area contributed by atoms with Crippen LogP contribution in [-0.2, 0) is 29.2 Å². The van der Waals surface area contributed by atoms with Crippen molar-refractivity contribution in [1.82, 2.24) is 19.7 Å². The van der Waals surface area contributed by atoms with Gasteiger partial charge in [-0.3, -0.25) is 4.90 Å². The lowest BCUT2D eigenvalue weighted by Crippen LogP contribution is -2.29. The molecule has 0 saturated carbocycles. The highest BCUT2D eigenvalue weighted by Gasteiger charge is 2.18. The summed E-state index contributed by atoms with van der Waals surface area (Å²) in [4.78, 5) is 2.47. The fourth-order valence-electron chi connectivity index (χ4n) is 2.66. The fraction of sp³-hybridized carbons (Fsp3) is 0.867. The van der Waals surface area contributed by atoms with Crippen LogP contribution in [0.25, 0.3) is 0 Å². The molecular formula is C15H28N4O2. The molecule has 0 amide bonds. The molecule has 0 spiro atoms. The van der Waals surface area contributed by atoms with Crippen LogP contribution < -0.4 is 0 Å². The number of ether oxygens (including phenoxy) is 2. The maximum atomic E-state index is 5.42. The number of hydrogen-bond acceptors (Lipinski definition) is 5. The summed E-state index contributed by atoms with van der Waals surface area (Å²) in [7, 11) is 1.76. The molecule has 1 aromatic rings. The molecule has 0 radical (unpaired) electrons. The lowest BCUT2D eigenvalue weighted by molar-refractivity contribution is 0.0794. The van der Waals surface area contributed by atoms with Crippen molar-refractivity contribution in [1.29, 1.82) is 0 Å². The molecule has 6 nitrogen and oxygen atoms in total. The quantitative estimate of drug-likeness (QED) is 0.617. The fourth-order valence-corrected chi connectivity index (χ4v) is 2.66. The Hall–Kier alpha value is -0.980. The summed E-state index contributed by atoms with van der Waals surface area (Å²) in [6, 6.07) is 0. The largest absolute Gasteiger partial charge is 0.385 e. The van der Waals surface area contributed by atoms with Crippen LogP contribution in [0.3, 0.4) is 0 Å². The minimum absolute atomic E-state index is 0.590. The predicted octanol–water partition coefficient (Wildman–Crippen LogP) is 1.84. The van der Waals surface area contributed by atoms with E-state index in [1.165, 1.54) is 19.3 Å². The third kappa shape index (κ3) is 5.05. The van der Waals surface area contributed by atoms with Crippen LogP contribution in [0.2, 0.25) is 0 Å². The molecule has 0 fully saturated rings. The molecule has 21 heavy (non-hydrogen) atoms. The molecule has 0 N–H and O–H groups in total. The van der Waals surface area contributed by atoms with Gasteiger partial charge in [0.2, 0.25) is 0 Å². The molecule has 2 rings (SSSR count). The van der Waals surface area contributed by atoms with Crippen molar-refractivity contribution in [2.45, 2.75) is 52.3 Å². The molecule has 1 aromatic heterocycles. The summed E-state index contributed by atoms with van der Waals surface area (Å²) < 4.78 is 12.8. The monoisotopic (exact) mass is 296 g/mol. The van der Waals surface area contributed by atoms with Crippen LogP contribution in [0.15, 0.2) is 0 Å². The van der Waals surface area contributed by atoms with Gasteiger partial charge in [0.05, 0.1) is 13.2 Å². The first-order valence-electron chi connectivity index (χ1n) is 8.05. The van der Waals surface area contributed by atoms with Crippen molar-refractivity contribution < 1.29 is 9.47 Å². The Labute approximate surface area is 127 Å². The van der Waals surface area contributed by atoms with Gasteiger partial charge in [0, 0.05) is 26.8 Å². The van der Waals surface area contributed by atoms with Gasteiger partial charge in [-0.05, 0) is 19.4 Å². The molecule has 0 atom stereocenters. The van der Waals surface area contributed by atoms with E-state index < -0.39 is 0 Å². The Bertz CT molecular complexity index is 398. The number of methoxy groups -OCH3 is 1. The third-order valence-corrected chi connectivity index (χ3v) is 3.86. The van der Waals surface area contributed by atoms with Gasteiger partial charge in [0.1, 0.15) is 12.4 Å². The van der Waals surface area contributed by atoms with Crippen molar-refractivity contribution >= 4 is 0 Å². The van der Waals surface area contributed by atoms with E-state index in [9.17, 15) is 0 Å². The molecule has 0 bridgehead atoms. The molecule has 0 saturated heterocycles. The highest BCUT2D eigenvalue weighted by Crippen LogP contribution is 2.12. The van der Waals surface area contributed by atoms with Gasteiger partial charge in [-0.15, -0.1) is 10.2 Å². The number of nitrogens with zero attached hydrogens (tertiary/aromatic N) is 4. The second-order valence-corrected chi connectivity index (χ2v) is 5.57. The highest BCUT2D eigenvalue weighted by atomic mass is 16.5. The zero-order chi connectivity index (χ0) is 14.9. The van der Waals surface area contributed by atoms with E-state index in [0.717, 1.165) is 57.5 Å². The van der Waals surface area contributed by atoms with Crippen molar-refractivity contribution in [2.24, 2.45) is 0 Å². The van der Waals surface area contributed by atoms with E-state index in [4.69, 9.17) is 9.47 Å². The van der Waals surface area contributed by atoms with E-state index >= 15 is 0 Å². The first-order chi connectivity index (χ1) is 10.3. The van der Waals surface area contributed by atoms with Crippen molar-refractivity contribution in [3.63, 3.8) is 0 Å². The SMILES string of the molecule is CCCCCN(CCCOC)Cc1nnc2n1CCOC2. The van der Waals surface area contributed by atoms with E-state index in [1.807, 2.05) is 0 Å². The Kier molecular flexibility index (Phi) is 7.12. The number of rotatable bonds is 10. The van der Waals surface area contributed by atoms with Gasteiger partial charge in [0.25, 0.3) is 0 Å². The Balaban J connectivity index is 1.91. The van der Waals surface area contributed by atoms with Crippen LogP contribution in [0, 0.1) is 0 Å². The zero-order valence-corrected chi connectivity index (χ0v) is 13.4. The van der Waals surface area contributed by atoms with Crippen LogP contribution in [-0.4, -0.2) is 53.1 Å². The number of hydrogen-bond donors (Lipinski definition) is 0. The summed E-state index contributed by atoms with van der Waals surface area (Å²) in [6.07, 6.45) is 4.84. The molecular weight excluding hydrogens is 268 g/mol.